The fourth-order valence-corrected chi connectivity index (χ4v) is 2.93. The molecule has 0 amide bonds. The van der Waals surface area contributed by atoms with E-state index in [1.807, 2.05) is 30.3 Å². The largest absolute Gasteiger partial charge is 0.493 e. The molecule has 0 heterocycles. The van der Waals surface area contributed by atoms with E-state index in [9.17, 15) is 4.79 Å². The Balaban J connectivity index is 1.75. The van der Waals surface area contributed by atoms with Crippen molar-refractivity contribution < 1.29 is 14.6 Å². The first kappa shape index (κ1) is 16.3. The molecule has 1 saturated carbocycles. The van der Waals surface area contributed by atoms with Gasteiger partial charge in [0.15, 0.2) is 0 Å². The van der Waals surface area contributed by atoms with Crippen molar-refractivity contribution in [3.05, 3.63) is 48.6 Å². The highest BCUT2D eigenvalue weighted by Gasteiger charge is 2.20. The van der Waals surface area contributed by atoms with Crippen LogP contribution in [0.4, 0.5) is 0 Å². The second-order valence-corrected chi connectivity index (χ2v) is 5.96. The van der Waals surface area contributed by atoms with Gasteiger partial charge in [-0.25, -0.2) is 4.79 Å². The SMILES string of the molecule is C=CCC1CCC(COc2ccc(/C=C/C(=O)O)cc2)CC1. The van der Waals surface area contributed by atoms with Crippen molar-refractivity contribution in [3.8, 4) is 5.75 Å². The topological polar surface area (TPSA) is 46.5 Å². The normalized spacial score (nSPS) is 21.6. The van der Waals surface area contributed by atoms with E-state index in [0.29, 0.717) is 5.92 Å². The van der Waals surface area contributed by atoms with Gasteiger partial charge in [-0.15, -0.1) is 6.58 Å². The molecule has 0 saturated heterocycles. The molecule has 1 fully saturated rings. The average Bonchev–Trinajstić information content (AvgIpc) is 2.53. The van der Waals surface area contributed by atoms with Gasteiger partial charge < -0.3 is 9.84 Å². The van der Waals surface area contributed by atoms with Crippen LogP contribution < -0.4 is 4.74 Å². The van der Waals surface area contributed by atoms with Gasteiger partial charge >= 0.3 is 5.97 Å². The van der Waals surface area contributed by atoms with Crippen LogP contribution in [0, 0.1) is 11.8 Å². The summed E-state index contributed by atoms with van der Waals surface area (Å²) in [7, 11) is 0. The monoisotopic (exact) mass is 300 g/mol. The lowest BCUT2D eigenvalue weighted by Gasteiger charge is -2.27. The van der Waals surface area contributed by atoms with Crippen LogP contribution in [0.2, 0.25) is 0 Å². The number of rotatable bonds is 7. The van der Waals surface area contributed by atoms with Crippen LogP contribution in [0.1, 0.15) is 37.7 Å². The van der Waals surface area contributed by atoms with Crippen LogP contribution in [-0.2, 0) is 4.79 Å². The third-order valence-corrected chi connectivity index (χ3v) is 4.25. The Labute approximate surface area is 132 Å². The summed E-state index contributed by atoms with van der Waals surface area (Å²) in [6.45, 7) is 4.59. The fourth-order valence-electron chi connectivity index (χ4n) is 2.93. The second kappa shape index (κ2) is 8.42. The number of carboxylic acid groups (broad SMARTS) is 1. The number of benzene rings is 1. The number of aliphatic carboxylic acids is 1. The predicted octanol–water partition coefficient (Wildman–Crippen LogP) is 4.55. The molecule has 1 aromatic rings. The van der Waals surface area contributed by atoms with E-state index in [-0.39, 0.29) is 0 Å². The maximum atomic E-state index is 10.5. The number of carbonyl (C=O) groups is 1. The van der Waals surface area contributed by atoms with Gasteiger partial charge in [-0.2, -0.15) is 0 Å². The first-order valence-corrected chi connectivity index (χ1v) is 7.92. The van der Waals surface area contributed by atoms with E-state index in [0.717, 1.165) is 36.3 Å². The van der Waals surface area contributed by atoms with Crippen molar-refractivity contribution in [2.45, 2.75) is 32.1 Å². The fraction of sp³-hybridized carbons (Fsp3) is 0.421. The summed E-state index contributed by atoms with van der Waals surface area (Å²) in [6.07, 6.45) is 10.9. The molecule has 0 radical (unpaired) electrons. The highest BCUT2D eigenvalue weighted by Crippen LogP contribution is 2.31. The van der Waals surface area contributed by atoms with Crippen LogP contribution in [-0.4, -0.2) is 17.7 Å². The summed E-state index contributed by atoms with van der Waals surface area (Å²) >= 11 is 0. The standard InChI is InChI=1S/C19H24O3/c1-2-3-15-4-6-17(7-5-15)14-22-18-11-8-16(9-12-18)10-13-19(20)21/h2,8-13,15,17H,1,3-7,14H2,(H,20,21)/b13-10+. The predicted molar refractivity (Wildman–Crippen MR) is 88.9 cm³/mol. The molecule has 0 unspecified atom stereocenters. The number of hydrogen-bond donors (Lipinski definition) is 1. The van der Waals surface area contributed by atoms with Crippen LogP contribution in [0.5, 0.6) is 5.75 Å². The molecule has 2 rings (SSSR count). The average molecular weight is 300 g/mol. The van der Waals surface area contributed by atoms with E-state index in [4.69, 9.17) is 9.84 Å². The van der Waals surface area contributed by atoms with Crippen molar-refractivity contribution in [2.75, 3.05) is 6.61 Å². The van der Waals surface area contributed by atoms with E-state index in [1.165, 1.54) is 25.7 Å². The zero-order chi connectivity index (χ0) is 15.8. The summed E-state index contributed by atoms with van der Waals surface area (Å²) in [4.78, 5) is 10.5. The first-order valence-electron chi connectivity index (χ1n) is 7.92. The highest BCUT2D eigenvalue weighted by atomic mass is 16.5. The Bertz CT molecular complexity index is 508. The van der Waals surface area contributed by atoms with Gasteiger partial charge in [-0.05, 0) is 67.7 Å². The van der Waals surface area contributed by atoms with Gasteiger partial charge in [0.2, 0.25) is 0 Å². The first-order chi connectivity index (χ1) is 10.7. The molecule has 0 spiro atoms. The lowest BCUT2D eigenvalue weighted by molar-refractivity contribution is -0.131. The Kier molecular flexibility index (Phi) is 6.26. The maximum Gasteiger partial charge on any atom is 0.328 e. The highest BCUT2D eigenvalue weighted by molar-refractivity contribution is 5.85. The quantitative estimate of drug-likeness (QED) is 0.593. The molecule has 1 N–H and O–H groups in total. The molecular weight excluding hydrogens is 276 g/mol. The van der Waals surface area contributed by atoms with Gasteiger partial charge in [-0.1, -0.05) is 18.2 Å². The van der Waals surface area contributed by atoms with Crippen molar-refractivity contribution >= 4 is 12.0 Å². The Morgan fingerprint density at radius 2 is 1.82 bits per heavy atom. The summed E-state index contributed by atoms with van der Waals surface area (Å²) in [5.74, 6) is 1.37. The molecule has 118 valence electrons. The van der Waals surface area contributed by atoms with E-state index < -0.39 is 5.97 Å². The molecule has 3 heteroatoms. The van der Waals surface area contributed by atoms with Crippen LogP contribution in [0.3, 0.4) is 0 Å². The van der Waals surface area contributed by atoms with Crippen molar-refractivity contribution in [2.24, 2.45) is 11.8 Å². The van der Waals surface area contributed by atoms with Crippen molar-refractivity contribution in [1.29, 1.82) is 0 Å². The van der Waals surface area contributed by atoms with E-state index in [2.05, 4.69) is 6.58 Å². The molecule has 0 atom stereocenters. The summed E-state index contributed by atoms with van der Waals surface area (Å²) < 4.78 is 5.86. The molecule has 0 bridgehead atoms. The lowest BCUT2D eigenvalue weighted by atomic mass is 9.81. The molecule has 1 aliphatic carbocycles. The minimum Gasteiger partial charge on any atom is -0.493 e. The van der Waals surface area contributed by atoms with Crippen molar-refractivity contribution in [3.63, 3.8) is 0 Å². The van der Waals surface area contributed by atoms with E-state index in [1.54, 1.807) is 6.08 Å². The number of allylic oxidation sites excluding steroid dienone is 1. The lowest BCUT2D eigenvalue weighted by Crippen LogP contribution is -2.19. The maximum absolute atomic E-state index is 10.5. The number of carboxylic acids is 1. The zero-order valence-electron chi connectivity index (χ0n) is 12.9. The summed E-state index contributed by atoms with van der Waals surface area (Å²) in [6, 6.07) is 7.53. The van der Waals surface area contributed by atoms with Crippen LogP contribution in [0.25, 0.3) is 6.08 Å². The Morgan fingerprint density at radius 1 is 1.18 bits per heavy atom. The molecule has 3 nitrogen and oxygen atoms in total. The third-order valence-electron chi connectivity index (χ3n) is 4.25. The number of hydrogen-bond acceptors (Lipinski definition) is 2. The minimum absolute atomic E-state index is 0.646. The minimum atomic E-state index is -0.938. The molecule has 0 aliphatic heterocycles. The Hall–Kier alpha value is -2.03. The summed E-state index contributed by atoms with van der Waals surface area (Å²) in [5, 5.41) is 8.59. The second-order valence-electron chi connectivity index (χ2n) is 5.96. The molecular formula is C19H24O3. The van der Waals surface area contributed by atoms with Gasteiger partial charge in [0.25, 0.3) is 0 Å². The summed E-state index contributed by atoms with van der Waals surface area (Å²) in [5.41, 5.74) is 0.861. The third kappa shape index (κ3) is 5.40. The molecule has 1 aromatic carbocycles. The van der Waals surface area contributed by atoms with Gasteiger partial charge in [0, 0.05) is 6.08 Å². The van der Waals surface area contributed by atoms with Gasteiger partial charge in [0.05, 0.1) is 6.61 Å². The smallest absolute Gasteiger partial charge is 0.328 e. The van der Waals surface area contributed by atoms with Gasteiger partial charge in [-0.3, -0.25) is 0 Å². The van der Waals surface area contributed by atoms with Crippen LogP contribution >= 0.6 is 0 Å². The van der Waals surface area contributed by atoms with Crippen LogP contribution in [0.15, 0.2) is 43.0 Å². The molecule has 22 heavy (non-hydrogen) atoms. The van der Waals surface area contributed by atoms with Crippen molar-refractivity contribution in [1.82, 2.24) is 0 Å². The zero-order valence-corrected chi connectivity index (χ0v) is 12.9. The molecule has 1 aliphatic rings. The Morgan fingerprint density at radius 3 is 2.41 bits per heavy atom. The number of ether oxygens (including phenoxy) is 1. The van der Waals surface area contributed by atoms with Gasteiger partial charge in [0.1, 0.15) is 5.75 Å². The molecule has 0 aromatic heterocycles. The van der Waals surface area contributed by atoms with E-state index >= 15 is 0 Å².